The highest BCUT2D eigenvalue weighted by Gasteiger charge is 2.21. The van der Waals surface area contributed by atoms with E-state index in [1.807, 2.05) is 23.7 Å². The molecule has 0 saturated carbocycles. The first-order valence-electron chi connectivity index (χ1n) is 8.89. The van der Waals surface area contributed by atoms with Crippen molar-refractivity contribution in [1.82, 2.24) is 25.4 Å². The minimum absolute atomic E-state index is 0.0896. The molecule has 0 fully saturated rings. The van der Waals surface area contributed by atoms with E-state index in [2.05, 4.69) is 53.7 Å². The number of hydrogen-bond donors (Lipinski definition) is 2. The van der Waals surface area contributed by atoms with E-state index in [0.717, 1.165) is 11.4 Å². The Hall–Kier alpha value is -2.35. The van der Waals surface area contributed by atoms with Crippen LogP contribution in [-0.4, -0.2) is 38.5 Å². The highest BCUT2D eigenvalue weighted by atomic mass is 32.2. The first-order chi connectivity index (χ1) is 12.6. The number of benzene rings is 1. The van der Waals surface area contributed by atoms with Crippen molar-refractivity contribution in [2.75, 3.05) is 6.54 Å². The van der Waals surface area contributed by atoms with E-state index in [0.29, 0.717) is 11.7 Å². The molecule has 1 aromatic carbocycles. The molecule has 2 rings (SSSR count). The number of carbonyl (C=O) groups is 2. The van der Waals surface area contributed by atoms with E-state index in [-0.39, 0.29) is 11.3 Å². The maximum atomic E-state index is 12.1. The summed E-state index contributed by atoms with van der Waals surface area (Å²) in [7, 11) is 1.86. The lowest BCUT2D eigenvalue weighted by molar-refractivity contribution is -0.119. The quantitative estimate of drug-likeness (QED) is 0.767. The normalized spacial score (nSPS) is 12.5. The van der Waals surface area contributed by atoms with E-state index in [4.69, 9.17) is 0 Å². The number of imide groups is 1. The van der Waals surface area contributed by atoms with Crippen LogP contribution in [0.2, 0.25) is 0 Å². The zero-order chi connectivity index (χ0) is 20.2. The largest absolute Gasteiger partial charge is 0.338 e. The van der Waals surface area contributed by atoms with Gasteiger partial charge in [0.1, 0.15) is 0 Å². The Bertz CT molecular complexity index is 808. The molecule has 2 N–H and O–H groups in total. The molecule has 0 radical (unpaired) electrons. The molecule has 1 heterocycles. The monoisotopic (exact) mass is 389 g/mol. The van der Waals surface area contributed by atoms with Crippen LogP contribution in [0.15, 0.2) is 29.4 Å². The van der Waals surface area contributed by atoms with Gasteiger partial charge in [-0.2, -0.15) is 0 Å². The topological polar surface area (TPSA) is 88.9 Å². The Morgan fingerprint density at radius 1 is 1.19 bits per heavy atom. The molecular weight excluding hydrogens is 362 g/mol. The third-order valence-electron chi connectivity index (χ3n) is 4.07. The van der Waals surface area contributed by atoms with Crippen LogP contribution in [0.3, 0.4) is 0 Å². The predicted octanol–water partition coefficient (Wildman–Crippen LogP) is 3.11. The Kier molecular flexibility index (Phi) is 6.64. The van der Waals surface area contributed by atoms with Crippen LogP contribution in [0, 0.1) is 0 Å². The second-order valence-electron chi connectivity index (χ2n) is 7.30. The standard InChI is InChI=1S/C19H27N5O2S/c1-7-20-17(26)21-16(25)12(2)27-18-23-22-15(24(18)6)13-8-10-14(11-9-13)19(3,4)5/h8-12H,7H2,1-6H3,(H2,20,21,25,26)/t12-/m1/s1. The highest BCUT2D eigenvalue weighted by Crippen LogP contribution is 2.28. The molecule has 0 bridgehead atoms. The second-order valence-corrected chi connectivity index (χ2v) is 8.61. The van der Waals surface area contributed by atoms with Crippen LogP contribution in [0.5, 0.6) is 0 Å². The minimum atomic E-state index is -0.493. The molecule has 0 aliphatic rings. The molecule has 0 aliphatic carbocycles. The number of nitrogens with one attached hydrogen (secondary N) is 2. The fourth-order valence-corrected chi connectivity index (χ4v) is 3.23. The van der Waals surface area contributed by atoms with E-state index in [1.165, 1.54) is 17.3 Å². The molecule has 1 atom stereocenters. The van der Waals surface area contributed by atoms with E-state index < -0.39 is 11.3 Å². The summed E-state index contributed by atoms with van der Waals surface area (Å²) in [6.45, 7) is 10.5. The first-order valence-corrected chi connectivity index (χ1v) is 9.77. The summed E-state index contributed by atoms with van der Waals surface area (Å²) < 4.78 is 1.85. The van der Waals surface area contributed by atoms with Crippen molar-refractivity contribution in [2.45, 2.75) is 50.4 Å². The maximum Gasteiger partial charge on any atom is 0.321 e. The van der Waals surface area contributed by atoms with Gasteiger partial charge in [-0.25, -0.2) is 4.79 Å². The summed E-state index contributed by atoms with van der Waals surface area (Å²) in [4.78, 5) is 23.6. The van der Waals surface area contributed by atoms with Crippen LogP contribution >= 0.6 is 11.8 Å². The van der Waals surface area contributed by atoms with Crippen LogP contribution in [0.4, 0.5) is 4.79 Å². The molecule has 0 spiro atoms. The second kappa shape index (κ2) is 8.56. The summed E-state index contributed by atoms with van der Waals surface area (Å²) in [5.41, 5.74) is 2.30. The number of rotatable bonds is 5. The average molecular weight is 390 g/mol. The highest BCUT2D eigenvalue weighted by molar-refractivity contribution is 8.00. The van der Waals surface area contributed by atoms with Gasteiger partial charge in [-0.05, 0) is 24.8 Å². The van der Waals surface area contributed by atoms with Gasteiger partial charge in [0.15, 0.2) is 11.0 Å². The number of hydrogen-bond acceptors (Lipinski definition) is 5. The summed E-state index contributed by atoms with van der Waals surface area (Å²) in [6.07, 6.45) is 0. The van der Waals surface area contributed by atoms with E-state index in [9.17, 15) is 9.59 Å². The Morgan fingerprint density at radius 2 is 1.81 bits per heavy atom. The van der Waals surface area contributed by atoms with Crippen molar-refractivity contribution >= 4 is 23.7 Å². The lowest BCUT2D eigenvalue weighted by atomic mass is 9.87. The summed E-state index contributed by atoms with van der Waals surface area (Å²) in [5, 5.41) is 13.4. The lowest BCUT2D eigenvalue weighted by Crippen LogP contribution is -2.42. The zero-order valence-electron chi connectivity index (χ0n) is 16.7. The van der Waals surface area contributed by atoms with Crippen molar-refractivity contribution in [1.29, 1.82) is 0 Å². The van der Waals surface area contributed by atoms with Gasteiger partial charge in [0.2, 0.25) is 5.91 Å². The van der Waals surface area contributed by atoms with Crippen LogP contribution < -0.4 is 10.6 Å². The number of aromatic nitrogens is 3. The molecule has 8 heteroatoms. The SMILES string of the molecule is CCNC(=O)NC(=O)[C@@H](C)Sc1nnc(-c2ccc(C(C)(C)C)cc2)n1C. The van der Waals surface area contributed by atoms with Crippen molar-refractivity contribution in [3.05, 3.63) is 29.8 Å². The van der Waals surface area contributed by atoms with Gasteiger partial charge in [0.25, 0.3) is 0 Å². The van der Waals surface area contributed by atoms with Gasteiger partial charge in [0, 0.05) is 19.2 Å². The summed E-state index contributed by atoms with van der Waals surface area (Å²) >= 11 is 1.26. The van der Waals surface area contributed by atoms with Gasteiger partial charge in [-0.3, -0.25) is 10.1 Å². The summed E-state index contributed by atoms with van der Waals surface area (Å²) in [6, 6.07) is 7.76. The van der Waals surface area contributed by atoms with Crippen LogP contribution in [0.1, 0.15) is 40.2 Å². The molecule has 1 aromatic heterocycles. The molecule has 27 heavy (non-hydrogen) atoms. The van der Waals surface area contributed by atoms with Crippen LogP contribution in [0.25, 0.3) is 11.4 Å². The number of carbonyl (C=O) groups excluding carboxylic acids is 2. The first kappa shape index (κ1) is 21.0. The fourth-order valence-electron chi connectivity index (χ4n) is 2.42. The molecule has 7 nitrogen and oxygen atoms in total. The van der Waals surface area contributed by atoms with Crippen molar-refractivity contribution in [3.8, 4) is 11.4 Å². The number of amides is 3. The Labute approximate surface area is 164 Å². The van der Waals surface area contributed by atoms with Gasteiger partial charge in [0.05, 0.1) is 5.25 Å². The number of urea groups is 1. The fraction of sp³-hybridized carbons (Fsp3) is 0.474. The third kappa shape index (κ3) is 5.32. The average Bonchev–Trinajstić information content (AvgIpc) is 2.95. The van der Waals surface area contributed by atoms with E-state index in [1.54, 1.807) is 13.8 Å². The molecule has 146 valence electrons. The maximum absolute atomic E-state index is 12.1. The zero-order valence-corrected chi connectivity index (χ0v) is 17.5. The number of nitrogens with zero attached hydrogens (tertiary/aromatic N) is 3. The van der Waals surface area contributed by atoms with Gasteiger partial charge < -0.3 is 9.88 Å². The molecule has 0 unspecified atom stereocenters. The number of thioether (sulfide) groups is 1. The Morgan fingerprint density at radius 3 is 2.37 bits per heavy atom. The molecule has 0 aliphatic heterocycles. The third-order valence-corrected chi connectivity index (χ3v) is 5.20. The molecule has 3 amide bonds. The lowest BCUT2D eigenvalue weighted by Gasteiger charge is -2.19. The van der Waals surface area contributed by atoms with Crippen molar-refractivity contribution in [3.63, 3.8) is 0 Å². The van der Waals surface area contributed by atoms with Crippen molar-refractivity contribution in [2.24, 2.45) is 7.05 Å². The van der Waals surface area contributed by atoms with Gasteiger partial charge in [-0.15, -0.1) is 10.2 Å². The van der Waals surface area contributed by atoms with Crippen LogP contribution in [-0.2, 0) is 17.3 Å². The predicted molar refractivity (Wildman–Crippen MR) is 108 cm³/mol. The van der Waals surface area contributed by atoms with Crippen molar-refractivity contribution < 1.29 is 9.59 Å². The molecular formula is C19H27N5O2S. The smallest absolute Gasteiger partial charge is 0.321 e. The molecule has 2 aromatic rings. The van der Waals surface area contributed by atoms with Gasteiger partial charge >= 0.3 is 6.03 Å². The molecule has 0 saturated heterocycles. The van der Waals surface area contributed by atoms with Gasteiger partial charge in [-0.1, -0.05) is 56.8 Å². The van der Waals surface area contributed by atoms with E-state index >= 15 is 0 Å². The Balaban J connectivity index is 2.10. The summed E-state index contributed by atoms with van der Waals surface area (Å²) in [5.74, 6) is 0.360. The minimum Gasteiger partial charge on any atom is -0.338 e.